The number of rotatable bonds is 9. The molecule has 1 aromatic rings. The summed E-state index contributed by atoms with van der Waals surface area (Å²) < 4.78 is 38.6. The van der Waals surface area contributed by atoms with Crippen LogP contribution in [0.3, 0.4) is 0 Å². The Morgan fingerprint density at radius 3 is 2.04 bits per heavy atom. The zero-order valence-electron chi connectivity index (χ0n) is 12.3. The fourth-order valence-corrected chi connectivity index (χ4v) is 2.62. The number of anilines is 1. The molecule has 0 aliphatic heterocycles. The number of halogens is 5. The van der Waals surface area contributed by atoms with Crippen LogP contribution >= 0.6 is 23.2 Å². The van der Waals surface area contributed by atoms with E-state index in [-0.39, 0.29) is 6.42 Å². The summed E-state index contributed by atoms with van der Waals surface area (Å²) in [5.41, 5.74) is 1.26. The lowest BCUT2D eigenvalue weighted by molar-refractivity contribution is -0.182. The van der Waals surface area contributed by atoms with Crippen LogP contribution in [-0.4, -0.2) is 42.1 Å². The highest BCUT2D eigenvalue weighted by Crippen LogP contribution is 2.32. The molecule has 0 saturated heterocycles. The average Bonchev–Trinajstić information content (AvgIpc) is 2.46. The van der Waals surface area contributed by atoms with Gasteiger partial charge >= 0.3 is 12.1 Å². The van der Waals surface area contributed by atoms with Crippen molar-refractivity contribution in [3.8, 4) is 0 Å². The molecule has 1 N–H and O–H groups in total. The van der Waals surface area contributed by atoms with Crippen molar-refractivity contribution >= 4 is 34.9 Å². The van der Waals surface area contributed by atoms with Crippen molar-refractivity contribution in [2.75, 3.05) is 29.7 Å². The monoisotopic (exact) mass is 371 g/mol. The number of carboxylic acid groups (broad SMARTS) is 1. The predicted molar refractivity (Wildman–Crippen MR) is 85.6 cm³/mol. The molecule has 0 aliphatic carbocycles. The molecule has 0 radical (unpaired) electrons. The third-order valence-corrected chi connectivity index (χ3v) is 3.71. The van der Waals surface area contributed by atoms with Crippen molar-refractivity contribution in [2.24, 2.45) is 5.92 Å². The smallest absolute Gasteiger partial charge is 0.392 e. The number of hydrogen-bond donors (Lipinski definition) is 1. The number of carboxylic acids is 1. The van der Waals surface area contributed by atoms with E-state index in [9.17, 15) is 18.0 Å². The first kappa shape index (κ1) is 19.9. The Balaban J connectivity index is 2.83. The minimum Gasteiger partial charge on any atom is -0.481 e. The maximum atomic E-state index is 12.9. The lowest BCUT2D eigenvalue weighted by Gasteiger charge is -2.23. The standard InChI is InChI=1S/C15H18Cl2F3NO2/c16-5-7-21(8-6-17)13-3-1-11(2-4-13)9-12(10-14(22)23)15(18,19)20/h1-4,12H,5-10H2,(H,22,23). The van der Waals surface area contributed by atoms with E-state index in [1.54, 1.807) is 24.3 Å². The van der Waals surface area contributed by atoms with E-state index >= 15 is 0 Å². The quantitative estimate of drug-likeness (QED) is 0.662. The number of benzene rings is 1. The summed E-state index contributed by atoms with van der Waals surface area (Å²) >= 11 is 11.4. The molecule has 0 saturated carbocycles. The fraction of sp³-hybridized carbons (Fsp3) is 0.533. The molecule has 0 aliphatic rings. The molecule has 23 heavy (non-hydrogen) atoms. The molecule has 1 unspecified atom stereocenters. The largest absolute Gasteiger partial charge is 0.481 e. The summed E-state index contributed by atoms with van der Waals surface area (Å²) in [6, 6.07) is 6.54. The summed E-state index contributed by atoms with van der Waals surface area (Å²) in [4.78, 5) is 12.5. The van der Waals surface area contributed by atoms with Crippen LogP contribution in [0.4, 0.5) is 18.9 Å². The topological polar surface area (TPSA) is 40.5 Å². The lowest BCUT2D eigenvalue weighted by Crippen LogP contribution is -2.28. The molecule has 0 fully saturated rings. The molecule has 0 heterocycles. The van der Waals surface area contributed by atoms with Gasteiger partial charge < -0.3 is 10.0 Å². The van der Waals surface area contributed by atoms with Crippen LogP contribution in [0.25, 0.3) is 0 Å². The maximum Gasteiger partial charge on any atom is 0.392 e. The normalized spacial score (nSPS) is 12.9. The number of nitrogens with zero attached hydrogens (tertiary/aromatic N) is 1. The van der Waals surface area contributed by atoms with Crippen LogP contribution in [0.15, 0.2) is 24.3 Å². The minimum absolute atomic E-state index is 0.360. The van der Waals surface area contributed by atoms with Crippen molar-refractivity contribution in [1.82, 2.24) is 0 Å². The summed E-state index contributed by atoms with van der Waals surface area (Å²) in [5.74, 6) is -2.53. The second-order valence-electron chi connectivity index (χ2n) is 5.07. The molecule has 1 aromatic carbocycles. The Kier molecular flexibility index (Phi) is 7.99. The molecule has 3 nitrogen and oxygen atoms in total. The molecule has 0 bridgehead atoms. The van der Waals surface area contributed by atoms with Gasteiger partial charge in [0, 0.05) is 30.5 Å². The van der Waals surface area contributed by atoms with E-state index in [4.69, 9.17) is 28.3 Å². The van der Waals surface area contributed by atoms with Crippen molar-refractivity contribution in [3.05, 3.63) is 29.8 Å². The van der Waals surface area contributed by atoms with Crippen LogP contribution in [0.2, 0.25) is 0 Å². The summed E-state index contributed by atoms with van der Waals surface area (Å²) in [7, 11) is 0. The van der Waals surface area contributed by atoms with E-state index in [1.165, 1.54) is 0 Å². The van der Waals surface area contributed by atoms with Crippen molar-refractivity contribution in [2.45, 2.75) is 19.0 Å². The van der Waals surface area contributed by atoms with Gasteiger partial charge in [-0.05, 0) is 24.1 Å². The zero-order valence-corrected chi connectivity index (χ0v) is 13.8. The molecule has 0 amide bonds. The SMILES string of the molecule is O=C(O)CC(Cc1ccc(N(CCCl)CCCl)cc1)C(F)(F)F. The van der Waals surface area contributed by atoms with E-state index in [0.717, 1.165) is 5.69 Å². The molecule has 1 rings (SSSR count). The van der Waals surface area contributed by atoms with Crippen LogP contribution in [0.1, 0.15) is 12.0 Å². The summed E-state index contributed by atoms with van der Waals surface area (Å²) in [6.07, 6.45) is -5.84. The Morgan fingerprint density at radius 1 is 1.13 bits per heavy atom. The summed E-state index contributed by atoms with van der Waals surface area (Å²) in [5, 5.41) is 8.63. The Bertz CT molecular complexity index is 488. The zero-order chi connectivity index (χ0) is 17.5. The lowest BCUT2D eigenvalue weighted by atomic mass is 9.95. The van der Waals surface area contributed by atoms with E-state index in [0.29, 0.717) is 30.4 Å². The third kappa shape index (κ3) is 6.87. The fourth-order valence-electron chi connectivity index (χ4n) is 2.22. The van der Waals surface area contributed by atoms with Crippen LogP contribution < -0.4 is 4.90 Å². The molecular weight excluding hydrogens is 354 g/mol. The maximum absolute atomic E-state index is 12.9. The number of alkyl halides is 5. The van der Waals surface area contributed by atoms with Crippen molar-refractivity contribution in [3.63, 3.8) is 0 Å². The first-order valence-corrected chi connectivity index (χ1v) is 8.09. The van der Waals surface area contributed by atoms with Gasteiger partial charge in [0.2, 0.25) is 0 Å². The van der Waals surface area contributed by atoms with Gasteiger partial charge in [-0.25, -0.2) is 0 Å². The van der Waals surface area contributed by atoms with Crippen LogP contribution in [0, 0.1) is 5.92 Å². The van der Waals surface area contributed by atoms with Crippen LogP contribution in [0.5, 0.6) is 0 Å². The van der Waals surface area contributed by atoms with E-state index < -0.39 is 24.5 Å². The number of carbonyl (C=O) groups is 1. The van der Waals surface area contributed by atoms with Crippen LogP contribution in [-0.2, 0) is 11.2 Å². The summed E-state index contributed by atoms with van der Waals surface area (Å²) in [6.45, 7) is 1.16. The highest BCUT2D eigenvalue weighted by atomic mass is 35.5. The van der Waals surface area contributed by atoms with Gasteiger partial charge in [-0.1, -0.05) is 12.1 Å². The van der Waals surface area contributed by atoms with Gasteiger partial charge in [0.05, 0.1) is 12.3 Å². The van der Waals surface area contributed by atoms with E-state index in [1.807, 2.05) is 4.90 Å². The predicted octanol–water partition coefficient (Wildman–Crippen LogP) is 4.17. The van der Waals surface area contributed by atoms with Gasteiger partial charge in [0.15, 0.2) is 0 Å². The van der Waals surface area contributed by atoms with Gasteiger partial charge in [-0.2, -0.15) is 13.2 Å². The molecule has 130 valence electrons. The number of aliphatic carboxylic acids is 1. The highest BCUT2D eigenvalue weighted by molar-refractivity contribution is 6.18. The Labute approximate surface area is 143 Å². The highest BCUT2D eigenvalue weighted by Gasteiger charge is 2.40. The third-order valence-electron chi connectivity index (χ3n) is 3.38. The van der Waals surface area contributed by atoms with Crippen molar-refractivity contribution < 1.29 is 23.1 Å². The molecule has 1 atom stereocenters. The number of hydrogen-bond acceptors (Lipinski definition) is 2. The van der Waals surface area contributed by atoms with Gasteiger partial charge in [-0.15, -0.1) is 23.2 Å². The Morgan fingerprint density at radius 2 is 1.65 bits per heavy atom. The van der Waals surface area contributed by atoms with Crippen molar-refractivity contribution in [1.29, 1.82) is 0 Å². The molecular formula is C15H18Cl2F3NO2. The average molecular weight is 372 g/mol. The van der Waals surface area contributed by atoms with Gasteiger partial charge in [0.1, 0.15) is 0 Å². The van der Waals surface area contributed by atoms with Gasteiger partial charge in [0.25, 0.3) is 0 Å². The van der Waals surface area contributed by atoms with E-state index in [2.05, 4.69) is 0 Å². The molecule has 0 aromatic heterocycles. The molecule has 0 spiro atoms. The van der Waals surface area contributed by atoms with Gasteiger partial charge in [-0.3, -0.25) is 4.79 Å². The second-order valence-corrected chi connectivity index (χ2v) is 5.83. The molecule has 8 heteroatoms. The first-order valence-electron chi connectivity index (χ1n) is 7.02. The first-order chi connectivity index (χ1) is 10.8. The minimum atomic E-state index is -4.54. The Hall–Kier alpha value is -1.14. The second kappa shape index (κ2) is 9.23.